The average molecular weight is 274 g/mol. The molecule has 0 spiro atoms. The first-order chi connectivity index (χ1) is 9.72. The van der Waals surface area contributed by atoms with Crippen LogP contribution in [-0.2, 0) is 6.42 Å². The van der Waals surface area contributed by atoms with Crippen LogP contribution in [0.2, 0.25) is 0 Å². The lowest BCUT2D eigenvalue weighted by Gasteiger charge is -2.20. The molecule has 0 saturated carbocycles. The zero-order valence-electron chi connectivity index (χ0n) is 11.7. The maximum Gasteiger partial charge on any atom is 0.240 e. The number of hydrogen-bond donors (Lipinski definition) is 1. The fourth-order valence-corrected chi connectivity index (χ4v) is 2.62. The van der Waals surface area contributed by atoms with Gasteiger partial charge in [0.1, 0.15) is 0 Å². The van der Waals surface area contributed by atoms with Crippen molar-refractivity contribution in [2.45, 2.75) is 25.3 Å². The number of hydrogen-bond acceptors (Lipinski definition) is 5. The monoisotopic (exact) mass is 274 g/mol. The predicted octanol–water partition coefficient (Wildman–Crippen LogP) is 1.62. The van der Waals surface area contributed by atoms with Gasteiger partial charge in [0, 0.05) is 17.9 Å². The number of nitrogens with zero attached hydrogens (tertiary/aromatic N) is 3. The number of methoxy groups -OCH3 is 2. The standard InChI is InChI=1S/C14H18N4O2/c1-19-12-8-13(20-2)17-14(16-12)18-7-6-9-10(15)4-3-5-11(9)18/h6-8,10H,3-5,15H2,1-2H3. The third-order valence-corrected chi connectivity index (χ3v) is 3.66. The first-order valence-electron chi connectivity index (χ1n) is 6.66. The van der Waals surface area contributed by atoms with E-state index in [1.807, 2.05) is 10.8 Å². The van der Waals surface area contributed by atoms with Crippen molar-refractivity contribution in [1.29, 1.82) is 0 Å². The third kappa shape index (κ3) is 2.12. The lowest BCUT2D eigenvalue weighted by molar-refractivity contribution is 0.370. The van der Waals surface area contributed by atoms with Gasteiger partial charge in [-0.25, -0.2) is 0 Å². The topological polar surface area (TPSA) is 75.2 Å². The summed E-state index contributed by atoms with van der Waals surface area (Å²) >= 11 is 0. The molecular formula is C14H18N4O2. The normalized spacial score (nSPS) is 17.6. The van der Waals surface area contributed by atoms with Crippen LogP contribution >= 0.6 is 0 Å². The number of fused-ring (bicyclic) bond motifs is 1. The minimum Gasteiger partial charge on any atom is -0.481 e. The molecule has 6 heteroatoms. The summed E-state index contributed by atoms with van der Waals surface area (Å²) in [5.41, 5.74) is 8.51. The fraction of sp³-hybridized carbons (Fsp3) is 0.429. The van der Waals surface area contributed by atoms with E-state index in [1.165, 1.54) is 11.3 Å². The molecule has 0 aliphatic heterocycles. The number of nitrogens with two attached hydrogens (primary N) is 1. The molecule has 1 unspecified atom stereocenters. The van der Waals surface area contributed by atoms with Crippen molar-refractivity contribution in [3.63, 3.8) is 0 Å². The highest BCUT2D eigenvalue weighted by Gasteiger charge is 2.22. The molecule has 2 heterocycles. The molecular weight excluding hydrogens is 256 g/mol. The Morgan fingerprint density at radius 1 is 1.25 bits per heavy atom. The molecule has 0 aromatic carbocycles. The Kier molecular flexibility index (Phi) is 3.31. The van der Waals surface area contributed by atoms with E-state index in [-0.39, 0.29) is 6.04 Å². The van der Waals surface area contributed by atoms with E-state index in [0.717, 1.165) is 19.3 Å². The Morgan fingerprint density at radius 2 is 1.95 bits per heavy atom. The van der Waals surface area contributed by atoms with Crippen LogP contribution in [0.25, 0.3) is 5.95 Å². The summed E-state index contributed by atoms with van der Waals surface area (Å²) in [4.78, 5) is 8.77. The average Bonchev–Trinajstić information content (AvgIpc) is 2.92. The van der Waals surface area contributed by atoms with Crippen molar-refractivity contribution in [2.24, 2.45) is 5.73 Å². The second-order valence-electron chi connectivity index (χ2n) is 4.84. The Bertz CT molecular complexity index is 601. The quantitative estimate of drug-likeness (QED) is 0.920. The van der Waals surface area contributed by atoms with Gasteiger partial charge in [-0.05, 0) is 30.9 Å². The Morgan fingerprint density at radius 3 is 2.60 bits per heavy atom. The lowest BCUT2D eigenvalue weighted by atomic mass is 9.94. The molecule has 106 valence electrons. The van der Waals surface area contributed by atoms with Gasteiger partial charge in [-0.3, -0.25) is 4.57 Å². The fourth-order valence-electron chi connectivity index (χ4n) is 2.62. The van der Waals surface area contributed by atoms with Crippen molar-refractivity contribution >= 4 is 0 Å². The number of aromatic nitrogens is 3. The van der Waals surface area contributed by atoms with Crippen LogP contribution in [0, 0.1) is 0 Å². The molecule has 0 fully saturated rings. The highest BCUT2D eigenvalue weighted by Crippen LogP contribution is 2.30. The van der Waals surface area contributed by atoms with Crippen LogP contribution in [0.15, 0.2) is 18.3 Å². The van der Waals surface area contributed by atoms with Crippen molar-refractivity contribution in [3.8, 4) is 17.7 Å². The van der Waals surface area contributed by atoms with Gasteiger partial charge in [-0.2, -0.15) is 9.97 Å². The SMILES string of the molecule is COc1cc(OC)nc(-n2ccc3c2CCCC3N)n1. The summed E-state index contributed by atoms with van der Waals surface area (Å²) in [5.74, 6) is 1.51. The highest BCUT2D eigenvalue weighted by molar-refractivity contribution is 5.36. The van der Waals surface area contributed by atoms with Crippen LogP contribution in [0.1, 0.15) is 30.1 Å². The first kappa shape index (κ1) is 12.9. The summed E-state index contributed by atoms with van der Waals surface area (Å²) in [7, 11) is 3.15. The van der Waals surface area contributed by atoms with E-state index < -0.39 is 0 Å². The van der Waals surface area contributed by atoms with E-state index in [2.05, 4.69) is 16.0 Å². The summed E-state index contributed by atoms with van der Waals surface area (Å²) in [6.45, 7) is 0. The molecule has 0 saturated heterocycles. The number of ether oxygens (including phenoxy) is 2. The smallest absolute Gasteiger partial charge is 0.240 e. The number of rotatable bonds is 3. The molecule has 0 radical (unpaired) electrons. The molecule has 1 aliphatic carbocycles. The van der Waals surface area contributed by atoms with Crippen LogP contribution in [0.4, 0.5) is 0 Å². The predicted molar refractivity (Wildman–Crippen MR) is 74.3 cm³/mol. The van der Waals surface area contributed by atoms with Gasteiger partial charge in [0.25, 0.3) is 0 Å². The zero-order valence-corrected chi connectivity index (χ0v) is 11.7. The van der Waals surface area contributed by atoms with Crippen molar-refractivity contribution in [1.82, 2.24) is 14.5 Å². The van der Waals surface area contributed by atoms with Crippen molar-refractivity contribution in [3.05, 3.63) is 29.6 Å². The minimum absolute atomic E-state index is 0.104. The van der Waals surface area contributed by atoms with Gasteiger partial charge in [0.15, 0.2) is 0 Å². The van der Waals surface area contributed by atoms with Crippen molar-refractivity contribution < 1.29 is 9.47 Å². The molecule has 0 amide bonds. The van der Waals surface area contributed by atoms with Crippen LogP contribution in [0.3, 0.4) is 0 Å². The van der Waals surface area contributed by atoms with Crippen molar-refractivity contribution in [2.75, 3.05) is 14.2 Å². The van der Waals surface area contributed by atoms with Crippen LogP contribution in [-0.4, -0.2) is 28.8 Å². The van der Waals surface area contributed by atoms with Gasteiger partial charge in [0.2, 0.25) is 17.7 Å². The maximum atomic E-state index is 6.15. The summed E-state index contributed by atoms with van der Waals surface area (Å²) < 4.78 is 12.4. The third-order valence-electron chi connectivity index (χ3n) is 3.66. The maximum absolute atomic E-state index is 6.15. The second-order valence-corrected chi connectivity index (χ2v) is 4.84. The first-order valence-corrected chi connectivity index (χ1v) is 6.66. The van der Waals surface area contributed by atoms with E-state index in [9.17, 15) is 0 Å². The Balaban J connectivity index is 2.09. The van der Waals surface area contributed by atoms with Gasteiger partial charge in [-0.1, -0.05) is 0 Å². The summed E-state index contributed by atoms with van der Waals surface area (Å²) in [6, 6.07) is 3.81. The molecule has 20 heavy (non-hydrogen) atoms. The molecule has 1 aliphatic rings. The van der Waals surface area contributed by atoms with Gasteiger partial charge < -0.3 is 15.2 Å². The molecule has 6 nitrogen and oxygen atoms in total. The van der Waals surface area contributed by atoms with E-state index in [0.29, 0.717) is 17.7 Å². The zero-order chi connectivity index (χ0) is 14.1. The van der Waals surface area contributed by atoms with E-state index >= 15 is 0 Å². The molecule has 0 bridgehead atoms. The Labute approximate surface area is 117 Å². The van der Waals surface area contributed by atoms with Gasteiger partial charge in [0.05, 0.1) is 20.3 Å². The summed E-state index contributed by atoms with van der Waals surface area (Å²) in [6.07, 6.45) is 5.06. The van der Waals surface area contributed by atoms with Gasteiger partial charge >= 0.3 is 0 Å². The molecule has 2 aromatic rings. The second kappa shape index (κ2) is 5.13. The highest BCUT2D eigenvalue weighted by atomic mass is 16.5. The lowest BCUT2D eigenvalue weighted by Crippen LogP contribution is -2.18. The molecule has 3 rings (SSSR count). The van der Waals surface area contributed by atoms with E-state index in [1.54, 1.807) is 20.3 Å². The van der Waals surface area contributed by atoms with Crippen LogP contribution in [0.5, 0.6) is 11.8 Å². The molecule has 2 N–H and O–H groups in total. The van der Waals surface area contributed by atoms with E-state index in [4.69, 9.17) is 15.2 Å². The minimum atomic E-state index is 0.104. The summed E-state index contributed by atoms with van der Waals surface area (Å²) in [5, 5.41) is 0. The van der Waals surface area contributed by atoms with Crippen LogP contribution < -0.4 is 15.2 Å². The Hall–Kier alpha value is -2.08. The largest absolute Gasteiger partial charge is 0.481 e. The molecule has 1 atom stereocenters. The molecule has 2 aromatic heterocycles. The van der Waals surface area contributed by atoms with Gasteiger partial charge in [-0.15, -0.1) is 0 Å².